The highest BCUT2D eigenvalue weighted by atomic mass is 19.1. The first kappa shape index (κ1) is 10.7. The maximum absolute atomic E-state index is 13.3. The molecule has 4 nitrogen and oxygen atoms in total. The third-order valence-electron chi connectivity index (χ3n) is 2.95. The first-order chi connectivity index (χ1) is 7.51. The fourth-order valence-corrected chi connectivity index (χ4v) is 1.76. The van der Waals surface area contributed by atoms with Gasteiger partial charge in [-0.3, -0.25) is 4.79 Å². The van der Waals surface area contributed by atoms with Crippen LogP contribution in [0.15, 0.2) is 12.1 Å². The molecule has 2 rings (SSSR count). The molecule has 1 aliphatic rings. The zero-order chi connectivity index (χ0) is 11.9. The Balaban J connectivity index is 2.51. The number of ether oxygens (including phenoxy) is 1. The van der Waals surface area contributed by atoms with Crippen molar-refractivity contribution < 1.29 is 24.1 Å². The van der Waals surface area contributed by atoms with Crippen LogP contribution in [0.1, 0.15) is 18.4 Å². The number of phenolic OH excluding ortho intramolecular Hbond substituents is 1. The second-order valence-electron chi connectivity index (χ2n) is 3.90. The molecule has 0 atom stereocenters. The first-order valence-corrected chi connectivity index (χ1v) is 4.81. The summed E-state index contributed by atoms with van der Waals surface area (Å²) in [5.41, 5.74) is -0.589. The van der Waals surface area contributed by atoms with Crippen LogP contribution in [-0.2, 0) is 10.2 Å². The lowest BCUT2D eigenvalue weighted by molar-refractivity contribution is -0.140. The SMILES string of the molecule is COc1cc(C2(C(=O)O)CC2)cc(O)c1F. The van der Waals surface area contributed by atoms with E-state index in [9.17, 15) is 14.3 Å². The van der Waals surface area contributed by atoms with Gasteiger partial charge in [-0.05, 0) is 30.5 Å². The van der Waals surface area contributed by atoms with Gasteiger partial charge in [0.2, 0.25) is 5.82 Å². The lowest BCUT2D eigenvalue weighted by Gasteiger charge is -2.13. The molecule has 0 bridgehead atoms. The average Bonchev–Trinajstić information content (AvgIpc) is 3.02. The number of methoxy groups -OCH3 is 1. The van der Waals surface area contributed by atoms with E-state index in [1.807, 2.05) is 0 Å². The number of phenols is 1. The van der Waals surface area contributed by atoms with Gasteiger partial charge in [0.15, 0.2) is 11.5 Å². The minimum atomic E-state index is -0.974. The number of aromatic hydroxyl groups is 1. The number of hydrogen-bond acceptors (Lipinski definition) is 3. The summed E-state index contributed by atoms with van der Waals surface area (Å²) in [5, 5.41) is 18.4. The van der Waals surface area contributed by atoms with E-state index in [0.29, 0.717) is 18.4 Å². The van der Waals surface area contributed by atoms with Crippen LogP contribution in [-0.4, -0.2) is 23.3 Å². The molecule has 0 aromatic heterocycles. The highest BCUT2D eigenvalue weighted by molar-refractivity contribution is 5.85. The molecular formula is C11H11FO4. The van der Waals surface area contributed by atoms with E-state index >= 15 is 0 Å². The normalized spacial score (nSPS) is 16.9. The van der Waals surface area contributed by atoms with Gasteiger partial charge in [0.05, 0.1) is 12.5 Å². The smallest absolute Gasteiger partial charge is 0.314 e. The zero-order valence-corrected chi connectivity index (χ0v) is 8.66. The minimum absolute atomic E-state index is 0.137. The largest absolute Gasteiger partial charge is 0.505 e. The van der Waals surface area contributed by atoms with E-state index in [0.717, 1.165) is 6.07 Å². The number of halogens is 1. The van der Waals surface area contributed by atoms with E-state index in [2.05, 4.69) is 0 Å². The Morgan fingerprint density at radius 1 is 1.50 bits per heavy atom. The van der Waals surface area contributed by atoms with Crippen LogP contribution in [0.4, 0.5) is 4.39 Å². The van der Waals surface area contributed by atoms with Crippen molar-refractivity contribution in [1.29, 1.82) is 0 Å². The van der Waals surface area contributed by atoms with Gasteiger partial charge in [-0.2, -0.15) is 4.39 Å². The monoisotopic (exact) mass is 226 g/mol. The van der Waals surface area contributed by atoms with Gasteiger partial charge in [-0.1, -0.05) is 0 Å². The number of carboxylic acids is 1. The van der Waals surface area contributed by atoms with Crippen molar-refractivity contribution in [2.75, 3.05) is 7.11 Å². The molecule has 1 aliphatic carbocycles. The number of carbonyl (C=O) groups is 1. The average molecular weight is 226 g/mol. The number of carboxylic acid groups (broad SMARTS) is 1. The molecule has 0 aliphatic heterocycles. The summed E-state index contributed by atoms with van der Waals surface area (Å²) in [5.74, 6) is -2.54. The van der Waals surface area contributed by atoms with Crippen LogP contribution in [0.2, 0.25) is 0 Å². The van der Waals surface area contributed by atoms with Crippen molar-refractivity contribution in [3.8, 4) is 11.5 Å². The Labute approximate surface area is 91.3 Å². The number of hydrogen-bond donors (Lipinski definition) is 2. The number of benzene rings is 1. The lowest BCUT2D eigenvalue weighted by Crippen LogP contribution is -2.19. The predicted molar refractivity (Wildman–Crippen MR) is 53.2 cm³/mol. The van der Waals surface area contributed by atoms with Gasteiger partial charge in [-0.15, -0.1) is 0 Å². The molecule has 5 heteroatoms. The summed E-state index contributed by atoms with van der Waals surface area (Å²) in [6, 6.07) is 2.48. The molecule has 0 saturated heterocycles. The molecule has 86 valence electrons. The summed E-state index contributed by atoms with van der Waals surface area (Å²) in [7, 11) is 1.27. The summed E-state index contributed by atoms with van der Waals surface area (Å²) in [4.78, 5) is 11.1. The third-order valence-corrected chi connectivity index (χ3v) is 2.95. The number of rotatable bonds is 3. The van der Waals surface area contributed by atoms with Crippen LogP contribution in [0, 0.1) is 5.82 Å². The Hall–Kier alpha value is -1.78. The van der Waals surface area contributed by atoms with E-state index in [4.69, 9.17) is 9.84 Å². The fraction of sp³-hybridized carbons (Fsp3) is 0.364. The number of aliphatic carboxylic acids is 1. The molecule has 2 N–H and O–H groups in total. The topological polar surface area (TPSA) is 66.8 Å². The van der Waals surface area contributed by atoms with Crippen molar-refractivity contribution in [3.63, 3.8) is 0 Å². The predicted octanol–water partition coefficient (Wildman–Crippen LogP) is 1.66. The second kappa shape index (κ2) is 3.37. The van der Waals surface area contributed by atoms with Crippen molar-refractivity contribution in [3.05, 3.63) is 23.5 Å². The third kappa shape index (κ3) is 1.39. The molecule has 16 heavy (non-hydrogen) atoms. The zero-order valence-electron chi connectivity index (χ0n) is 8.66. The maximum Gasteiger partial charge on any atom is 0.314 e. The quantitative estimate of drug-likeness (QED) is 0.822. The summed E-state index contributed by atoms with van der Waals surface area (Å²) in [6.07, 6.45) is 0.993. The highest BCUT2D eigenvalue weighted by Gasteiger charge is 2.52. The Morgan fingerprint density at radius 3 is 2.56 bits per heavy atom. The van der Waals surface area contributed by atoms with Gasteiger partial charge in [0.1, 0.15) is 0 Å². The molecule has 1 aromatic rings. The molecule has 0 amide bonds. The Morgan fingerprint density at radius 2 is 2.12 bits per heavy atom. The molecule has 1 fully saturated rings. The highest BCUT2D eigenvalue weighted by Crippen LogP contribution is 2.50. The molecule has 1 saturated carbocycles. The molecule has 1 aromatic carbocycles. The van der Waals surface area contributed by atoms with Crippen molar-refractivity contribution in [2.45, 2.75) is 18.3 Å². The standard InChI is InChI=1S/C11H11FO4/c1-16-8-5-6(4-7(13)9(8)12)11(2-3-11)10(14)15/h4-5,13H,2-3H2,1H3,(H,14,15). The molecule has 0 unspecified atom stereocenters. The van der Waals surface area contributed by atoms with Crippen molar-refractivity contribution >= 4 is 5.97 Å². The van der Waals surface area contributed by atoms with Crippen LogP contribution in [0.5, 0.6) is 11.5 Å². The first-order valence-electron chi connectivity index (χ1n) is 4.81. The van der Waals surface area contributed by atoms with Gasteiger partial charge in [0, 0.05) is 0 Å². The van der Waals surface area contributed by atoms with Gasteiger partial charge >= 0.3 is 5.97 Å². The van der Waals surface area contributed by atoms with Gasteiger partial charge in [-0.25, -0.2) is 0 Å². The summed E-state index contributed by atoms with van der Waals surface area (Å²) < 4.78 is 18.0. The van der Waals surface area contributed by atoms with E-state index < -0.39 is 23.0 Å². The van der Waals surface area contributed by atoms with Crippen molar-refractivity contribution in [1.82, 2.24) is 0 Å². The lowest BCUT2D eigenvalue weighted by atomic mass is 9.95. The van der Waals surface area contributed by atoms with Gasteiger partial charge in [0.25, 0.3) is 0 Å². The summed E-state index contributed by atoms with van der Waals surface area (Å²) >= 11 is 0. The van der Waals surface area contributed by atoms with Crippen LogP contribution in [0.25, 0.3) is 0 Å². The second-order valence-corrected chi connectivity index (χ2v) is 3.90. The van der Waals surface area contributed by atoms with Crippen LogP contribution >= 0.6 is 0 Å². The van der Waals surface area contributed by atoms with E-state index in [1.54, 1.807) is 0 Å². The maximum atomic E-state index is 13.3. The molecular weight excluding hydrogens is 215 g/mol. The van der Waals surface area contributed by atoms with Crippen LogP contribution in [0.3, 0.4) is 0 Å². The van der Waals surface area contributed by atoms with E-state index in [-0.39, 0.29) is 5.75 Å². The van der Waals surface area contributed by atoms with E-state index in [1.165, 1.54) is 13.2 Å². The van der Waals surface area contributed by atoms with Crippen molar-refractivity contribution in [2.24, 2.45) is 0 Å². The molecule has 0 heterocycles. The minimum Gasteiger partial charge on any atom is -0.505 e. The van der Waals surface area contributed by atoms with Gasteiger partial charge < -0.3 is 14.9 Å². The Bertz CT molecular complexity index is 452. The summed E-state index contributed by atoms with van der Waals surface area (Å²) in [6.45, 7) is 0. The molecule has 0 radical (unpaired) electrons. The molecule has 0 spiro atoms. The Kier molecular flexibility index (Phi) is 2.26. The fourth-order valence-electron chi connectivity index (χ4n) is 1.76. The van der Waals surface area contributed by atoms with Crippen LogP contribution < -0.4 is 4.74 Å².